The van der Waals surface area contributed by atoms with Gasteiger partial charge in [-0.2, -0.15) is 8.42 Å². The molecule has 0 spiro atoms. The zero-order valence-electron chi connectivity index (χ0n) is 37.8. The molecule has 0 aliphatic carbocycles. The Kier molecular flexibility index (Phi) is 14.6. The molecule has 12 heteroatoms. The SMILES string of the molecule is CC.CS(=O)(=O)O.Cc1ccc(-c2ccc(-n3c(=O)c4cc5c(=O)n(C)c(=O)c5cc4c3=O)c(OCC(c3ccccc3)c3ccccc3)c2)cc1OCC(c1ccccc1)c1ccccc1. The van der Waals surface area contributed by atoms with Crippen molar-refractivity contribution in [2.24, 2.45) is 7.05 Å². The predicted octanol–water partition coefficient (Wildman–Crippen LogP) is 9.37. The summed E-state index contributed by atoms with van der Waals surface area (Å²) in [4.78, 5) is 54.1. The molecule has 2 aromatic heterocycles. The average molecular weight is 915 g/mol. The largest absolute Gasteiger partial charge is 0.492 e. The molecular weight excluding hydrogens is 865 g/mol. The van der Waals surface area contributed by atoms with E-state index in [2.05, 4.69) is 48.5 Å². The molecule has 0 fully saturated rings. The Hall–Kier alpha value is -7.67. The van der Waals surface area contributed by atoms with E-state index in [1.54, 1.807) is 6.07 Å². The van der Waals surface area contributed by atoms with Crippen LogP contribution in [0.1, 0.15) is 53.5 Å². The van der Waals surface area contributed by atoms with Gasteiger partial charge < -0.3 is 9.47 Å². The van der Waals surface area contributed by atoms with Crippen LogP contribution in [-0.2, 0) is 17.2 Å². The van der Waals surface area contributed by atoms with Crippen LogP contribution in [0.3, 0.4) is 0 Å². The molecule has 0 unspecified atom stereocenters. The zero-order valence-corrected chi connectivity index (χ0v) is 38.6. The Bertz CT molecular complexity index is 3310. The van der Waals surface area contributed by atoms with Crippen LogP contribution in [0.4, 0.5) is 0 Å². The van der Waals surface area contributed by atoms with Crippen molar-refractivity contribution < 1.29 is 22.4 Å². The van der Waals surface area contributed by atoms with Gasteiger partial charge in [-0.25, -0.2) is 4.57 Å². The first-order valence-corrected chi connectivity index (χ1v) is 23.6. The number of fused-ring (bicyclic) bond motifs is 2. The van der Waals surface area contributed by atoms with Crippen molar-refractivity contribution in [1.29, 1.82) is 0 Å². The van der Waals surface area contributed by atoms with E-state index in [9.17, 15) is 27.6 Å². The van der Waals surface area contributed by atoms with Gasteiger partial charge in [-0.05, 0) is 76.2 Å². The molecule has 0 aliphatic heterocycles. The molecule has 0 radical (unpaired) electrons. The molecule has 9 aromatic rings. The number of ether oxygens (including phenoxy) is 2. The van der Waals surface area contributed by atoms with E-state index in [1.807, 2.05) is 124 Å². The van der Waals surface area contributed by atoms with Gasteiger partial charge in [0.2, 0.25) is 0 Å². The molecule has 0 amide bonds. The molecule has 0 atom stereocenters. The average Bonchev–Trinajstić information content (AvgIpc) is 3.71. The summed E-state index contributed by atoms with van der Waals surface area (Å²) < 4.78 is 41.3. The molecule has 0 bridgehead atoms. The number of hydrogen-bond donors (Lipinski definition) is 1. The number of aryl methyl sites for hydroxylation is 1. The van der Waals surface area contributed by atoms with E-state index in [-0.39, 0.29) is 45.7 Å². The summed E-state index contributed by atoms with van der Waals surface area (Å²) in [6.45, 7) is 6.63. The molecule has 7 aromatic carbocycles. The third-order valence-electron chi connectivity index (χ3n) is 11.4. The molecule has 9 rings (SSSR count). The zero-order chi connectivity index (χ0) is 47.8. The molecule has 340 valence electrons. The third kappa shape index (κ3) is 10.6. The summed E-state index contributed by atoms with van der Waals surface area (Å²) in [6, 6.07) is 54.9. The van der Waals surface area contributed by atoms with Crippen LogP contribution in [0.15, 0.2) is 189 Å². The second-order valence-corrected chi connectivity index (χ2v) is 17.3. The fourth-order valence-electron chi connectivity index (χ4n) is 8.10. The van der Waals surface area contributed by atoms with Crippen LogP contribution in [0.2, 0.25) is 0 Å². The maximum atomic E-state index is 14.2. The second kappa shape index (κ2) is 20.7. The number of aromatic nitrogens is 2. The number of benzene rings is 7. The highest BCUT2D eigenvalue weighted by molar-refractivity contribution is 7.85. The van der Waals surface area contributed by atoms with E-state index in [0.29, 0.717) is 18.6 Å². The minimum Gasteiger partial charge on any atom is -0.492 e. The fraction of sp³-hybridized carbons (Fsp3) is 0.164. The van der Waals surface area contributed by atoms with Crippen LogP contribution < -0.4 is 31.7 Å². The van der Waals surface area contributed by atoms with Crippen molar-refractivity contribution in [2.45, 2.75) is 32.6 Å². The summed E-state index contributed by atoms with van der Waals surface area (Å²) in [5.41, 5.74) is 5.00. The first kappa shape index (κ1) is 47.3. The first-order valence-electron chi connectivity index (χ1n) is 21.8. The van der Waals surface area contributed by atoms with Gasteiger partial charge in [-0.3, -0.25) is 28.3 Å². The van der Waals surface area contributed by atoms with Crippen LogP contribution >= 0.6 is 0 Å². The summed E-state index contributed by atoms with van der Waals surface area (Å²) in [7, 11) is -2.29. The van der Waals surface area contributed by atoms with Crippen molar-refractivity contribution in [3.05, 3.63) is 239 Å². The van der Waals surface area contributed by atoms with E-state index in [0.717, 1.165) is 53.8 Å². The summed E-state index contributed by atoms with van der Waals surface area (Å²) in [5, 5.41) is 0.310. The summed E-state index contributed by atoms with van der Waals surface area (Å²) in [5.74, 6) is 0.876. The van der Waals surface area contributed by atoms with Gasteiger partial charge in [0.25, 0.3) is 32.4 Å². The van der Waals surface area contributed by atoms with Crippen LogP contribution in [0.25, 0.3) is 38.4 Å². The number of nitrogens with zero attached hydrogens (tertiary/aromatic N) is 2. The third-order valence-corrected chi connectivity index (χ3v) is 11.4. The van der Waals surface area contributed by atoms with Crippen molar-refractivity contribution in [3.8, 4) is 28.3 Å². The quantitative estimate of drug-likeness (QED) is 0.118. The Labute approximate surface area is 388 Å². The van der Waals surface area contributed by atoms with E-state index < -0.39 is 32.4 Å². The van der Waals surface area contributed by atoms with Gasteiger partial charge in [0.15, 0.2) is 0 Å². The highest BCUT2D eigenvalue weighted by atomic mass is 32.2. The van der Waals surface area contributed by atoms with Crippen molar-refractivity contribution in [1.82, 2.24) is 9.13 Å². The summed E-state index contributed by atoms with van der Waals surface area (Å²) >= 11 is 0. The van der Waals surface area contributed by atoms with Crippen LogP contribution in [-0.4, -0.2) is 41.6 Å². The summed E-state index contributed by atoms with van der Waals surface area (Å²) in [6.07, 6.45) is 0.715. The minimum absolute atomic E-state index is 0.00916. The smallest absolute Gasteiger partial charge is 0.266 e. The van der Waals surface area contributed by atoms with Gasteiger partial charge >= 0.3 is 0 Å². The maximum Gasteiger partial charge on any atom is 0.266 e. The lowest BCUT2D eigenvalue weighted by molar-refractivity contribution is 0.301. The Morgan fingerprint density at radius 1 is 0.493 bits per heavy atom. The monoisotopic (exact) mass is 914 g/mol. The van der Waals surface area contributed by atoms with E-state index in [1.165, 1.54) is 19.2 Å². The Morgan fingerprint density at radius 3 is 1.21 bits per heavy atom. The van der Waals surface area contributed by atoms with Gasteiger partial charge in [0, 0.05) is 18.9 Å². The second-order valence-electron chi connectivity index (χ2n) is 15.8. The van der Waals surface area contributed by atoms with E-state index in [4.69, 9.17) is 14.0 Å². The predicted molar refractivity (Wildman–Crippen MR) is 267 cm³/mol. The number of hydrogen-bond acceptors (Lipinski definition) is 8. The molecule has 11 nitrogen and oxygen atoms in total. The molecular formula is C55H50N2O9S. The van der Waals surface area contributed by atoms with Crippen molar-refractivity contribution >= 4 is 31.7 Å². The molecule has 0 aliphatic rings. The fourth-order valence-corrected chi connectivity index (χ4v) is 8.10. The van der Waals surface area contributed by atoms with Crippen LogP contribution in [0.5, 0.6) is 11.5 Å². The molecule has 2 heterocycles. The standard InChI is InChI=1S/C52H40N2O6.C2H6.CH4O3S/c1-33-23-24-38(27-47(33)59-31-44(34-15-7-3-8-16-34)35-17-9-4-10-18-35)39-25-26-46(48(28-39)60-32-45(36-19-11-5-12-20-36)37-21-13-6-14-22-37)54-51(57)42-29-40-41(30-43(42)52(54)58)50(56)53(2)49(40)55;1-2;1-5(2,3)4/h3-30,44-45H,31-32H2,1-2H3;1-2H3;1H3,(H,2,3,4). The topological polar surface area (TPSA) is 151 Å². The molecule has 67 heavy (non-hydrogen) atoms. The lowest BCUT2D eigenvalue weighted by Crippen LogP contribution is -2.24. The first-order chi connectivity index (χ1) is 32.3. The van der Waals surface area contributed by atoms with Crippen molar-refractivity contribution in [3.63, 3.8) is 0 Å². The highest BCUT2D eigenvalue weighted by Crippen LogP contribution is 2.35. The van der Waals surface area contributed by atoms with Crippen LogP contribution in [0, 0.1) is 6.92 Å². The molecule has 0 saturated heterocycles. The lowest BCUT2D eigenvalue weighted by atomic mass is 9.92. The van der Waals surface area contributed by atoms with Gasteiger partial charge in [0.05, 0.1) is 46.7 Å². The van der Waals surface area contributed by atoms with Gasteiger partial charge in [-0.15, -0.1) is 0 Å². The molecule has 0 saturated carbocycles. The van der Waals surface area contributed by atoms with Crippen molar-refractivity contribution in [2.75, 3.05) is 19.5 Å². The minimum atomic E-state index is -3.67. The normalized spacial score (nSPS) is 11.3. The van der Waals surface area contributed by atoms with E-state index >= 15 is 0 Å². The maximum absolute atomic E-state index is 14.2. The molecule has 1 N–H and O–H groups in total. The lowest BCUT2D eigenvalue weighted by Gasteiger charge is -2.21. The Morgan fingerprint density at radius 2 is 0.821 bits per heavy atom. The van der Waals surface area contributed by atoms with Gasteiger partial charge in [-0.1, -0.05) is 153 Å². The number of rotatable bonds is 12. The highest BCUT2D eigenvalue weighted by Gasteiger charge is 2.24. The Balaban J connectivity index is 0.000000894. The van der Waals surface area contributed by atoms with Gasteiger partial charge in [0.1, 0.15) is 11.5 Å².